The lowest BCUT2D eigenvalue weighted by Gasteiger charge is -2.24. The maximum Gasteiger partial charge on any atom is 0.138 e. The highest BCUT2D eigenvalue weighted by atomic mass is 16.5. The zero-order valence-corrected chi connectivity index (χ0v) is 9.41. The van der Waals surface area contributed by atoms with Gasteiger partial charge < -0.3 is 10.1 Å². The van der Waals surface area contributed by atoms with E-state index in [4.69, 9.17) is 4.74 Å². The Morgan fingerprint density at radius 2 is 2.18 bits per heavy atom. The van der Waals surface area contributed by atoms with Crippen LogP contribution in [0.3, 0.4) is 0 Å². The molecule has 1 aliphatic heterocycles. The van der Waals surface area contributed by atoms with Crippen LogP contribution in [0.1, 0.15) is 11.7 Å². The van der Waals surface area contributed by atoms with E-state index in [1.165, 1.54) is 11.9 Å². The minimum Gasteiger partial charge on any atom is -0.371 e. The minimum absolute atomic E-state index is 0.161. The first kappa shape index (κ1) is 10.4. The molecule has 0 bridgehead atoms. The van der Waals surface area contributed by atoms with Gasteiger partial charge in [0.25, 0.3) is 0 Å². The van der Waals surface area contributed by atoms with E-state index in [-0.39, 0.29) is 6.10 Å². The Bertz CT molecular complexity index is 460. The molecule has 0 spiro atoms. The van der Waals surface area contributed by atoms with Crippen molar-refractivity contribution in [2.24, 2.45) is 0 Å². The van der Waals surface area contributed by atoms with Crippen LogP contribution in [0, 0.1) is 0 Å². The van der Waals surface area contributed by atoms with Crippen LogP contribution in [-0.2, 0) is 4.74 Å². The van der Waals surface area contributed by atoms with Crippen molar-refractivity contribution < 1.29 is 4.74 Å². The molecule has 1 atom stereocenters. The number of rotatable bonds is 2. The minimum atomic E-state index is 0.161. The summed E-state index contributed by atoms with van der Waals surface area (Å²) in [6.45, 7) is 2.59. The molecule has 5 heteroatoms. The molecule has 2 aromatic rings. The topological polar surface area (TPSA) is 52.0 Å². The average molecular weight is 230 g/mol. The zero-order valence-electron chi connectivity index (χ0n) is 9.41. The Kier molecular flexibility index (Phi) is 2.85. The van der Waals surface area contributed by atoms with Gasteiger partial charge in [0, 0.05) is 13.1 Å². The van der Waals surface area contributed by atoms with Gasteiger partial charge in [0.1, 0.15) is 12.7 Å². The van der Waals surface area contributed by atoms with Gasteiger partial charge >= 0.3 is 0 Å². The fourth-order valence-corrected chi connectivity index (χ4v) is 1.96. The summed E-state index contributed by atoms with van der Waals surface area (Å²) in [5.41, 5.74) is 2.20. The molecule has 1 saturated heterocycles. The number of benzene rings is 1. The first-order valence-electron chi connectivity index (χ1n) is 5.71. The predicted octanol–water partition coefficient (Wildman–Crippen LogP) is 0.928. The molecule has 1 aliphatic rings. The summed E-state index contributed by atoms with van der Waals surface area (Å²) >= 11 is 0. The fraction of sp³-hybridized carbons (Fsp3) is 0.333. The lowest BCUT2D eigenvalue weighted by Crippen LogP contribution is -2.33. The first-order chi connectivity index (χ1) is 8.43. The molecular formula is C12H14N4O. The van der Waals surface area contributed by atoms with Crippen molar-refractivity contribution in [3.8, 4) is 5.69 Å². The number of ether oxygens (including phenoxy) is 1. The first-order valence-corrected chi connectivity index (χ1v) is 5.71. The Morgan fingerprint density at radius 1 is 1.29 bits per heavy atom. The van der Waals surface area contributed by atoms with E-state index in [1.54, 1.807) is 11.0 Å². The monoisotopic (exact) mass is 230 g/mol. The van der Waals surface area contributed by atoms with Gasteiger partial charge in [-0.2, -0.15) is 5.10 Å². The van der Waals surface area contributed by atoms with Crippen LogP contribution in [0.4, 0.5) is 0 Å². The summed E-state index contributed by atoms with van der Waals surface area (Å²) in [5, 5.41) is 7.41. The summed E-state index contributed by atoms with van der Waals surface area (Å²) in [7, 11) is 0. The van der Waals surface area contributed by atoms with Gasteiger partial charge in [-0.05, 0) is 17.7 Å². The molecule has 0 amide bonds. The van der Waals surface area contributed by atoms with Crippen molar-refractivity contribution >= 4 is 0 Å². The molecule has 2 heterocycles. The molecule has 1 fully saturated rings. The van der Waals surface area contributed by atoms with Crippen molar-refractivity contribution in [3.05, 3.63) is 42.5 Å². The third kappa shape index (κ3) is 2.20. The third-order valence-corrected chi connectivity index (χ3v) is 2.88. The standard InChI is InChI=1S/C12H14N4O/c1-3-11(16-9-14-8-15-16)4-2-10(1)12-7-13-5-6-17-12/h1-4,8-9,12-13H,5-7H2. The van der Waals surface area contributed by atoms with E-state index < -0.39 is 0 Å². The van der Waals surface area contributed by atoms with Gasteiger partial charge in [-0.1, -0.05) is 12.1 Å². The van der Waals surface area contributed by atoms with Crippen LogP contribution in [0.5, 0.6) is 0 Å². The summed E-state index contributed by atoms with van der Waals surface area (Å²) in [6, 6.07) is 8.22. The number of morpholine rings is 1. The van der Waals surface area contributed by atoms with Crippen molar-refractivity contribution in [3.63, 3.8) is 0 Å². The van der Waals surface area contributed by atoms with Crippen LogP contribution in [0.15, 0.2) is 36.9 Å². The Balaban J connectivity index is 1.80. The number of hydrogen-bond donors (Lipinski definition) is 1. The Labute approximate surface area is 99.4 Å². The molecule has 1 aromatic heterocycles. The lowest BCUT2D eigenvalue weighted by atomic mass is 10.1. The smallest absolute Gasteiger partial charge is 0.138 e. The van der Waals surface area contributed by atoms with Gasteiger partial charge in [-0.3, -0.25) is 0 Å². The highest BCUT2D eigenvalue weighted by Crippen LogP contribution is 2.19. The van der Waals surface area contributed by atoms with E-state index in [9.17, 15) is 0 Å². The molecule has 0 aliphatic carbocycles. The highest BCUT2D eigenvalue weighted by molar-refractivity contribution is 5.34. The van der Waals surface area contributed by atoms with Gasteiger partial charge in [-0.15, -0.1) is 0 Å². The largest absolute Gasteiger partial charge is 0.371 e. The molecule has 5 nitrogen and oxygen atoms in total. The molecule has 0 radical (unpaired) electrons. The van der Waals surface area contributed by atoms with E-state index >= 15 is 0 Å². The third-order valence-electron chi connectivity index (χ3n) is 2.88. The predicted molar refractivity (Wildman–Crippen MR) is 62.9 cm³/mol. The van der Waals surface area contributed by atoms with Crippen LogP contribution in [0.25, 0.3) is 5.69 Å². The number of nitrogens with zero attached hydrogens (tertiary/aromatic N) is 3. The SMILES string of the molecule is c1ncn(-c2ccc(C3CNCCO3)cc2)n1. The van der Waals surface area contributed by atoms with Crippen LogP contribution < -0.4 is 5.32 Å². The van der Waals surface area contributed by atoms with Crippen LogP contribution >= 0.6 is 0 Å². The van der Waals surface area contributed by atoms with Gasteiger partial charge in [0.15, 0.2) is 0 Å². The number of nitrogens with one attached hydrogen (secondary N) is 1. The van der Waals surface area contributed by atoms with Crippen molar-refractivity contribution in [2.45, 2.75) is 6.10 Å². The van der Waals surface area contributed by atoms with E-state index in [0.717, 1.165) is 25.4 Å². The quantitative estimate of drug-likeness (QED) is 0.833. The second kappa shape index (κ2) is 4.65. The molecule has 3 rings (SSSR count). The maximum absolute atomic E-state index is 5.70. The average Bonchev–Trinajstić information content (AvgIpc) is 2.94. The van der Waals surface area contributed by atoms with E-state index in [0.29, 0.717) is 0 Å². The van der Waals surface area contributed by atoms with Crippen molar-refractivity contribution in [1.82, 2.24) is 20.1 Å². The molecule has 1 aromatic carbocycles. The molecule has 1 unspecified atom stereocenters. The lowest BCUT2D eigenvalue weighted by molar-refractivity contribution is 0.0277. The zero-order chi connectivity index (χ0) is 11.5. The Hall–Kier alpha value is -1.72. The van der Waals surface area contributed by atoms with Crippen LogP contribution in [0.2, 0.25) is 0 Å². The van der Waals surface area contributed by atoms with E-state index in [2.05, 4.69) is 27.5 Å². The molecule has 0 saturated carbocycles. The van der Waals surface area contributed by atoms with Crippen molar-refractivity contribution in [2.75, 3.05) is 19.7 Å². The number of hydrogen-bond acceptors (Lipinski definition) is 4. The summed E-state index contributed by atoms with van der Waals surface area (Å²) < 4.78 is 7.44. The summed E-state index contributed by atoms with van der Waals surface area (Å²) in [6.07, 6.45) is 3.38. The fourth-order valence-electron chi connectivity index (χ4n) is 1.96. The maximum atomic E-state index is 5.70. The molecular weight excluding hydrogens is 216 g/mol. The van der Waals surface area contributed by atoms with Gasteiger partial charge in [-0.25, -0.2) is 9.67 Å². The summed E-state index contributed by atoms with van der Waals surface area (Å²) in [5.74, 6) is 0. The summed E-state index contributed by atoms with van der Waals surface area (Å²) in [4.78, 5) is 3.93. The Morgan fingerprint density at radius 3 is 2.82 bits per heavy atom. The van der Waals surface area contributed by atoms with E-state index in [1.807, 2.05) is 12.1 Å². The molecule has 17 heavy (non-hydrogen) atoms. The number of aromatic nitrogens is 3. The second-order valence-electron chi connectivity index (χ2n) is 4.00. The van der Waals surface area contributed by atoms with Crippen LogP contribution in [-0.4, -0.2) is 34.5 Å². The van der Waals surface area contributed by atoms with Gasteiger partial charge in [0.05, 0.1) is 18.4 Å². The molecule has 88 valence electrons. The van der Waals surface area contributed by atoms with Crippen molar-refractivity contribution in [1.29, 1.82) is 0 Å². The molecule has 1 N–H and O–H groups in total. The highest BCUT2D eigenvalue weighted by Gasteiger charge is 2.15. The second-order valence-corrected chi connectivity index (χ2v) is 4.00. The normalized spacial score (nSPS) is 20.4. The van der Waals surface area contributed by atoms with Gasteiger partial charge in [0.2, 0.25) is 0 Å².